The zero-order valence-electron chi connectivity index (χ0n) is 10.6. The SMILES string of the molecule is CCCC(C(=O)O)c1ccccc1S(=O)(=O)CC. The first-order valence-electron chi connectivity index (χ1n) is 5.98. The summed E-state index contributed by atoms with van der Waals surface area (Å²) in [7, 11) is -3.39. The second-order valence-electron chi connectivity index (χ2n) is 4.12. The average Bonchev–Trinajstić information content (AvgIpc) is 2.35. The molecule has 0 radical (unpaired) electrons. The number of rotatable bonds is 6. The first-order valence-corrected chi connectivity index (χ1v) is 7.63. The molecule has 0 saturated carbocycles. The van der Waals surface area contributed by atoms with Gasteiger partial charge in [0.15, 0.2) is 9.84 Å². The van der Waals surface area contributed by atoms with Crippen molar-refractivity contribution in [3.63, 3.8) is 0 Å². The molecule has 1 aromatic carbocycles. The normalized spacial score (nSPS) is 13.2. The molecule has 0 amide bonds. The molecule has 100 valence electrons. The first kappa shape index (κ1) is 14.7. The molecule has 0 aromatic heterocycles. The van der Waals surface area contributed by atoms with Crippen molar-refractivity contribution in [2.45, 2.75) is 37.5 Å². The Balaban J connectivity index is 3.36. The lowest BCUT2D eigenvalue weighted by Gasteiger charge is -2.15. The molecule has 0 aliphatic carbocycles. The van der Waals surface area contributed by atoms with Gasteiger partial charge in [0.25, 0.3) is 0 Å². The third-order valence-corrected chi connectivity index (χ3v) is 4.69. The molecular weight excluding hydrogens is 252 g/mol. The van der Waals surface area contributed by atoms with Crippen molar-refractivity contribution in [1.29, 1.82) is 0 Å². The lowest BCUT2D eigenvalue weighted by molar-refractivity contribution is -0.139. The van der Waals surface area contributed by atoms with Gasteiger partial charge in [-0.1, -0.05) is 38.5 Å². The molecule has 0 fully saturated rings. The van der Waals surface area contributed by atoms with Crippen molar-refractivity contribution in [1.82, 2.24) is 0 Å². The Morgan fingerprint density at radius 2 is 1.89 bits per heavy atom. The minimum absolute atomic E-state index is 0.0253. The minimum Gasteiger partial charge on any atom is -0.481 e. The number of hydrogen-bond acceptors (Lipinski definition) is 3. The number of carboxylic acids is 1. The van der Waals surface area contributed by atoms with Gasteiger partial charge < -0.3 is 5.11 Å². The molecule has 1 aromatic rings. The number of benzene rings is 1. The van der Waals surface area contributed by atoms with Crippen LogP contribution in [0.1, 0.15) is 38.2 Å². The van der Waals surface area contributed by atoms with E-state index in [9.17, 15) is 18.3 Å². The smallest absolute Gasteiger partial charge is 0.311 e. The fourth-order valence-corrected chi connectivity index (χ4v) is 3.07. The fraction of sp³-hybridized carbons (Fsp3) is 0.462. The van der Waals surface area contributed by atoms with E-state index < -0.39 is 21.7 Å². The predicted molar refractivity (Wildman–Crippen MR) is 69.5 cm³/mol. The summed E-state index contributed by atoms with van der Waals surface area (Å²) in [5.74, 6) is -1.76. The van der Waals surface area contributed by atoms with Crippen LogP contribution < -0.4 is 0 Å². The summed E-state index contributed by atoms with van der Waals surface area (Å²) >= 11 is 0. The van der Waals surface area contributed by atoms with E-state index in [1.807, 2.05) is 6.92 Å². The molecule has 1 unspecified atom stereocenters. The molecule has 4 nitrogen and oxygen atoms in total. The van der Waals surface area contributed by atoms with Crippen LogP contribution >= 0.6 is 0 Å². The van der Waals surface area contributed by atoms with E-state index in [1.54, 1.807) is 25.1 Å². The van der Waals surface area contributed by atoms with Crippen molar-refractivity contribution < 1.29 is 18.3 Å². The van der Waals surface area contributed by atoms with Gasteiger partial charge in [-0.05, 0) is 18.1 Å². The molecule has 1 N–H and O–H groups in total. The number of carboxylic acid groups (broad SMARTS) is 1. The van der Waals surface area contributed by atoms with E-state index in [0.29, 0.717) is 18.4 Å². The highest BCUT2D eigenvalue weighted by Crippen LogP contribution is 2.28. The zero-order valence-corrected chi connectivity index (χ0v) is 11.4. The molecule has 1 atom stereocenters. The molecule has 0 bridgehead atoms. The quantitative estimate of drug-likeness (QED) is 0.861. The van der Waals surface area contributed by atoms with Crippen molar-refractivity contribution in [2.75, 3.05) is 5.75 Å². The molecule has 0 heterocycles. The Morgan fingerprint density at radius 1 is 1.28 bits per heavy atom. The number of carbonyl (C=O) groups is 1. The van der Waals surface area contributed by atoms with Crippen LogP contribution in [-0.2, 0) is 14.6 Å². The Labute approximate surface area is 108 Å². The molecule has 5 heteroatoms. The zero-order chi connectivity index (χ0) is 13.8. The minimum atomic E-state index is -3.39. The van der Waals surface area contributed by atoms with Gasteiger partial charge in [-0.25, -0.2) is 8.42 Å². The Hall–Kier alpha value is -1.36. The first-order chi connectivity index (χ1) is 8.44. The second-order valence-corrected chi connectivity index (χ2v) is 6.37. The summed E-state index contributed by atoms with van der Waals surface area (Å²) in [6.07, 6.45) is 1.13. The van der Waals surface area contributed by atoms with E-state index >= 15 is 0 Å². The molecule has 1 rings (SSSR count). The van der Waals surface area contributed by atoms with Crippen LogP contribution in [0, 0.1) is 0 Å². The summed E-state index contributed by atoms with van der Waals surface area (Å²) in [5.41, 5.74) is 0.397. The largest absolute Gasteiger partial charge is 0.481 e. The lowest BCUT2D eigenvalue weighted by Crippen LogP contribution is -2.16. The molecule has 18 heavy (non-hydrogen) atoms. The van der Waals surface area contributed by atoms with Gasteiger partial charge in [0.05, 0.1) is 16.6 Å². The monoisotopic (exact) mass is 270 g/mol. The third kappa shape index (κ3) is 3.10. The van der Waals surface area contributed by atoms with E-state index in [0.717, 1.165) is 0 Å². The lowest BCUT2D eigenvalue weighted by atomic mass is 9.95. The van der Waals surface area contributed by atoms with Crippen LogP contribution in [0.2, 0.25) is 0 Å². The molecule has 0 spiro atoms. The standard InChI is InChI=1S/C13H18O4S/c1-3-7-11(13(14)15)10-8-5-6-9-12(10)18(16,17)4-2/h5-6,8-9,11H,3-4,7H2,1-2H3,(H,14,15). The summed E-state index contributed by atoms with van der Waals surface area (Å²) in [6, 6.07) is 6.38. The average molecular weight is 270 g/mol. The van der Waals surface area contributed by atoms with Gasteiger partial charge in [0.1, 0.15) is 0 Å². The van der Waals surface area contributed by atoms with Crippen molar-refractivity contribution in [3.05, 3.63) is 29.8 Å². The molecular formula is C13H18O4S. The van der Waals surface area contributed by atoms with Gasteiger partial charge in [-0.15, -0.1) is 0 Å². The second kappa shape index (κ2) is 6.00. The summed E-state index contributed by atoms with van der Waals surface area (Å²) in [6.45, 7) is 3.44. The summed E-state index contributed by atoms with van der Waals surface area (Å²) in [4.78, 5) is 11.4. The number of aliphatic carboxylic acids is 1. The number of hydrogen-bond donors (Lipinski definition) is 1. The molecule has 0 saturated heterocycles. The van der Waals surface area contributed by atoms with E-state index in [4.69, 9.17) is 0 Å². The van der Waals surface area contributed by atoms with Crippen LogP contribution in [0.3, 0.4) is 0 Å². The van der Waals surface area contributed by atoms with Crippen LogP contribution in [0.15, 0.2) is 29.2 Å². The summed E-state index contributed by atoms with van der Waals surface area (Å²) < 4.78 is 23.9. The van der Waals surface area contributed by atoms with Crippen LogP contribution in [0.5, 0.6) is 0 Å². The fourth-order valence-electron chi connectivity index (χ4n) is 1.91. The maximum atomic E-state index is 12.0. The highest BCUT2D eigenvalue weighted by molar-refractivity contribution is 7.91. The van der Waals surface area contributed by atoms with E-state index in [1.165, 1.54) is 6.07 Å². The maximum Gasteiger partial charge on any atom is 0.311 e. The predicted octanol–water partition coefficient (Wildman–Crippen LogP) is 2.45. The topological polar surface area (TPSA) is 71.4 Å². The van der Waals surface area contributed by atoms with Gasteiger partial charge in [-0.2, -0.15) is 0 Å². The van der Waals surface area contributed by atoms with Gasteiger partial charge >= 0.3 is 5.97 Å². The van der Waals surface area contributed by atoms with Crippen molar-refractivity contribution >= 4 is 15.8 Å². The van der Waals surface area contributed by atoms with E-state index in [2.05, 4.69) is 0 Å². The highest BCUT2D eigenvalue weighted by Gasteiger charge is 2.26. The summed E-state index contributed by atoms with van der Waals surface area (Å²) in [5, 5.41) is 9.23. The highest BCUT2D eigenvalue weighted by atomic mass is 32.2. The number of sulfone groups is 1. The van der Waals surface area contributed by atoms with Crippen molar-refractivity contribution in [3.8, 4) is 0 Å². The van der Waals surface area contributed by atoms with E-state index in [-0.39, 0.29) is 10.6 Å². The van der Waals surface area contributed by atoms with Crippen LogP contribution in [0.4, 0.5) is 0 Å². The molecule has 0 aliphatic heterocycles. The Kier molecular flexibility index (Phi) is 4.90. The third-order valence-electron chi connectivity index (χ3n) is 2.88. The van der Waals surface area contributed by atoms with Crippen LogP contribution in [-0.4, -0.2) is 25.2 Å². The Morgan fingerprint density at radius 3 is 2.39 bits per heavy atom. The van der Waals surface area contributed by atoms with Gasteiger partial charge in [0.2, 0.25) is 0 Å². The van der Waals surface area contributed by atoms with Gasteiger partial charge in [-0.3, -0.25) is 4.79 Å². The van der Waals surface area contributed by atoms with Crippen molar-refractivity contribution in [2.24, 2.45) is 0 Å². The maximum absolute atomic E-state index is 12.0. The molecule has 0 aliphatic rings. The van der Waals surface area contributed by atoms with Gasteiger partial charge in [0, 0.05) is 0 Å². The van der Waals surface area contributed by atoms with Crippen LogP contribution in [0.25, 0.3) is 0 Å². The Bertz CT molecular complexity index is 520.